The molecule has 2 aromatic rings. The summed E-state index contributed by atoms with van der Waals surface area (Å²) in [7, 11) is -3.67. The molecule has 134 valence electrons. The maximum absolute atomic E-state index is 12.4. The van der Waals surface area contributed by atoms with Gasteiger partial charge in [0.15, 0.2) is 0 Å². The Labute approximate surface area is 146 Å². The largest absolute Gasteiger partial charge is 0.337 e. The van der Waals surface area contributed by atoms with Crippen molar-refractivity contribution in [3.8, 4) is 0 Å². The number of carbonyl (C=O) groups excluding carboxylic acids is 1. The number of hydrogen-bond donors (Lipinski definition) is 3. The molecule has 8 nitrogen and oxygen atoms in total. The molecule has 1 saturated heterocycles. The van der Waals surface area contributed by atoms with E-state index in [1.807, 2.05) is 6.92 Å². The molecule has 25 heavy (non-hydrogen) atoms. The van der Waals surface area contributed by atoms with Crippen LogP contribution in [0.4, 0.5) is 0 Å². The van der Waals surface area contributed by atoms with Crippen molar-refractivity contribution in [3.05, 3.63) is 47.3 Å². The molecule has 1 aliphatic rings. The van der Waals surface area contributed by atoms with E-state index in [0.29, 0.717) is 24.3 Å². The number of nitrogens with zero attached hydrogens (tertiary/aromatic N) is 2. The maximum atomic E-state index is 12.4. The van der Waals surface area contributed by atoms with E-state index in [1.54, 1.807) is 11.0 Å². The van der Waals surface area contributed by atoms with Gasteiger partial charge in [0.1, 0.15) is 0 Å². The van der Waals surface area contributed by atoms with E-state index in [-0.39, 0.29) is 23.4 Å². The number of aromatic nitrogens is 2. The molecule has 3 rings (SSSR count). The van der Waals surface area contributed by atoms with Crippen LogP contribution in [0.1, 0.15) is 28.2 Å². The molecule has 0 radical (unpaired) electrons. The number of aromatic amines is 1. The second-order valence-electron chi connectivity index (χ2n) is 6.19. The first kappa shape index (κ1) is 17.6. The van der Waals surface area contributed by atoms with Crippen LogP contribution in [-0.4, -0.2) is 48.6 Å². The van der Waals surface area contributed by atoms with Crippen LogP contribution in [0.3, 0.4) is 0 Å². The first-order valence-electron chi connectivity index (χ1n) is 8.00. The number of aryl methyl sites for hydroxylation is 1. The van der Waals surface area contributed by atoms with Gasteiger partial charge in [0.2, 0.25) is 10.0 Å². The average Bonchev–Trinajstić information content (AvgIpc) is 3.21. The van der Waals surface area contributed by atoms with E-state index in [2.05, 4.69) is 14.9 Å². The summed E-state index contributed by atoms with van der Waals surface area (Å²) < 4.78 is 27.2. The average molecular weight is 363 g/mol. The van der Waals surface area contributed by atoms with E-state index in [0.717, 1.165) is 12.1 Å². The molecule has 0 saturated carbocycles. The highest BCUT2D eigenvalue weighted by molar-refractivity contribution is 7.89. The number of hydrogen-bond acceptors (Lipinski definition) is 5. The molecule has 0 spiro atoms. The number of nitrogens with two attached hydrogens (primary N) is 1. The monoisotopic (exact) mass is 363 g/mol. The van der Waals surface area contributed by atoms with Crippen molar-refractivity contribution in [2.24, 2.45) is 5.73 Å². The first-order valence-corrected chi connectivity index (χ1v) is 9.49. The summed E-state index contributed by atoms with van der Waals surface area (Å²) in [6, 6.07) is 7.70. The minimum Gasteiger partial charge on any atom is -0.337 e. The third kappa shape index (κ3) is 4.06. The smallest absolute Gasteiger partial charge is 0.253 e. The van der Waals surface area contributed by atoms with Gasteiger partial charge in [0, 0.05) is 30.4 Å². The molecular formula is C16H21N5O3S. The lowest BCUT2D eigenvalue weighted by molar-refractivity contribution is 0.0791. The molecule has 0 aliphatic carbocycles. The van der Waals surface area contributed by atoms with Gasteiger partial charge in [-0.2, -0.15) is 5.10 Å². The first-order chi connectivity index (χ1) is 11.8. The maximum Gasteiger partial charge on any atom is 0.253 e. The molecule has 1 amide bonds. The van der Waals surface area contributed by atoms with Crippen LogP contribution in [0, 0.1) is 6.92 Å². The van der Waals surface area contributed by atoms with Crippen molar-refractivity contribution in [1.29, 1.82) is 0 Å². The topological polar surface area (TPSA) is 121 Å². The highest BCUT2D eigenvalue weighted by atomic mass is 32.2. The summed E-state index contributed by atoms with van der Waals surface area (Å²) in [6.45, 7) is 3.10. The SMILES string of the molecule is Cc1cc(CNS(=O)(=O)c2ccc(C(=O)N3CC[C@@H](N)C3)cc2)n[nH]1. The fourth-order valence-electron chi connectivity index (χ4n) is 2.75. The molecule has 1 aromatic heterocycles. The zero-order valence-corrected chi connectivity index (χ0v) is 14.7. The third-order valence-electron chi connectivity index (χ3n) is 4.13. The van der Waals surface area contributed by atoms with E-state index in [9.17, 15) is 13.2 Å². The molecule has 4 N–H and O–H groups in total. The van der Waals surface area contributed by atoms with Gasteiger partial charge < -0.3 is 10.6 Å². The zero-order valence-electron chi connectivity index (χ0n) is 13.9. The molecular weight excluding hydrogens is 342 g/mol. The summed E-state index contributed by atoms with van der Waals surface area (Å²) in [6.07, 6.45) is 0.786. The van der Waals surface area contributed by atoms with Crippen LogP contribution in [0.25, 0.3) is 0 Å². The quantitative estimate of drug-likeness (QED) is 0.709. The van der Waals surface area contributed by atoms with Crippen molar-refractivity contribution in [3.63, 3.8) is 0 Å². The van der Waals surface area contributed by atoms with Crippen LogP contribution >= 0.6 is 0 Å². The van der Waals surface area contributed by atoms with Gasteiger partial charge in [-0.1, -0.05) is 0 Å². The Balaban J connectivity index is 1.67. The normalized spacial score (nSPS) is 17.8. The van der Waals surface area contributed by atoms with Gasteiger partial charge in [0.25, 0.3) is 5.91 Å². The number of carbonyl (C=O) groups is 1. The minimum absolute atomic E-state index is 0.0125. The molecule has 9 heteroatoms. The van der Waals surface area contributed by atoms with E-state index >= 15 is 0 Å². The number of likely N-dealkylation sites (tertiary alicyclic amines) is 1. The van der Waals surface area contributed by atoms with Crippen LogP contribution in [0.5, 0.6) is 0 Å². The summed E-state index contributed by atoms with van der Waals surface area (Å²) in [5, 5.41) is 6.75. The predicted molar refractivity (Wildman–Crippen MR) is 92.3 cm³/mol. The van der Waals surface area contributed by atoms with Gasteiger partial charge in [-0.25, -0.2) is 13.1 Å². The Hall–Kier alpha value is -2.23. The lowest BCUT2D eigenvalue weighted by Gasteiger charge is -2.16. The lowest BCUT2D eigenvalue weighted by Crippen LogP contribution is -2.31. The Morgan fingerprint density at radius 3 is 2.68 bits per heavy atom. The predicted octanol–water partition coefficient (Wildman–Crippen LogP) is 0.370. The highest BCUT2D eigenvalue weighted by Crippen LogP contribution is 2.15. The Morgan fingerprint density at radius 2 is 2.12 bits per heavy atom. The molecule has 1 aliphatic heterocycles. The second-order valence-corrected chi connectivity index (χ2v) is 7.96. The molecule has 1 aromatic carbocycles. The number of H-pyrrole nitrogens is 1. The van der Waals surface area contributed by atoms with Crippen molar-refractivity contribution in [2.75, 3.05) is 13.1 Å². The fraction of sp³-hybridized carbons (Fsp3) is 0.375. The summed E-state index contributed by atoms with van der Waals surface area (Å²) in [4.78, 5) is 14.2. The van der Waals surface area contributed by atoms with Crippen molar-refractivity contribution < 1.29 is 13.2 Å². The summed E-state index contributed by atoms with van der Waals surface area (Å²) >= 11 is 0. The van der Waals surface area contributed by atoms with Gasteiger partial charge in [0.05, 0.1) is 17.1 Å². The number of benzene rings is 1. The van der Waals surface area contributed by atoms with Crippen LogP contribution < -0.4 is 10.5 Å². The van der Waals surface area contributed by atoms with Crippen LogP contribution in [-0.2, 0) is 16.6 Å². The standard InChI is InChI=1S/C16H21N5O3S/c1-11-8-14(20-19-11)9-18-25(23,24)15-4-2-12(3-5-15)16(22)21-7-6-13(17)10-21/h2-5,8,13,18H,6-7,9-10,17H2,1H3,(H,19,20)/t13-/m1/s1. The van der Waals surface area contributed by atoms with Crippen molar-refractivity contribution in [2.45, 2.75) is 30.8 Å². The van der Waals surface area contributed by atoms with E-state index in [4.69, 9.17) is 5.73 Å². The number of nitrogens with one attached hydrogen (secondary N) is 2. The molecule has 2 heterocycles. The Kier molecular flexibility index (Phi) is 4.89. The highest BCUT2D eigenvalue weighted by Gasteiger charge is 2.25. The fourth-order valence-corrected chi connectivity index (χ4v) is 3.75. The van der Waals surface area contributed by atoms with Crippen molar-refractivity contribution >= 4 is 15.9 Å². The summed E-state index contributed by atoms with van der Waals surface area (Å²) in [5.74, 6) is -0.128. The number of amides is 1. The zero-order chi connectivity index (χ0) is 18.0. The van der Waals surface area contributed by atoms with Gasteiger partial charge >= 0.3 is 0 Å². The van der Waals surface area contributed by atoms with E-state index < -0.39 is 10.0 Å². The molecule has 1 atom stereocenters. The van der Waals surface area contributed by atoms with Gasteiger partial charge in [-0.05, 0) is 43.7 Å². The lowest BCUT2D eigenvalue weighted by atomic mass is 10.2. The minimum atomic E-state index is -3.67. The van der Waals surface area contributed by atoms with E-state index in [1.165, 1.54) is 24.3 Å². The third-order valence-corrected chi connectivity index (χ3v) is 5.54. The molecule has 1 fully saturated rings. The second kappa shape index (κ2) is 6.95. The van der Waals surface area contributed by atoms with Crippen LogP contribution in [0.15, 0.2) is 35.2 Å². The molecule has 0 bridgehead atoms. The number of rotatable bonds is 5. The van der Waals surface area contributed by atoms with Gasteiger partial charge in [-0.3, -0.25) is 9.89 Å². The number of sulfonamides is 1. The van der Waals surface area contributed by atoms with Crippen molar-refractivity contribution in [1.82, 2.24) is 19.8 Å². The Morgan fingerprint density at radius 1 is 1.40 bits per heavy atom. The summed E-state index contributed by atoms with van der Waals surface area (Å²) in [5.41, 5.74) is 7.74. The van der Waals surface area contributed by atoms with Gasteiger partial charge in [-0.15, -0.1) is 0 Å². The molecule has 0 unspecified atom stereocenters. The Bertz CT molecular complexity index is 860. The van der Waals surface area contributed by atoms with Crippen LogP contribution in [0.2, 0.25) is 0 Å².